The Labute approximate surface area is 160 Å². The SMILES string of the molecule is CC(=O)/C=C1/CCC2C(CC[C@]3(C)C(=O)CCC23)[C@@]1(C)[C@@H](C)CI. The second kappa shape index (κ2) is 6.51. The van der Waals surface area contributed by atoms with Crippen molar-refractivity contribution < 1.29 is 9.59 Å². The topological polar surface area (TPSA) is 34.1 Å². The fraction of sp³-hybridized carbons (Fsp3) is 0.810. The Kier molecular flexibility index (Phi) is 5.05. The van der Waals surface area contributed by atoms with E-state index in [1.54, 1.807) is 6.92 Å². The van der Waals surface area contributed by atoms with E-state index < -0.39 is 0 Å². The largest absolute Gasteiger partial charge is 0.299 e. The van der Waals surface area contributed by atoms with Crippen LogP contribution in [0, 0.1) is 34.5 Å². The molecule has 6 atom stereocenters. The molecule has 0 amide bonds. The number of Topliss-reactive ketones (excluding diaryl/α,β-unsaturated/α-hetero) is 1. The van der Waals surface area contributed by atoms with E-state index in [9.17, 15) is 9.59 Å². The molecule has 0 bridgehead atoms. The minimum Gasteiger partial charge on any atom is -0.299 e. The molecule has 0 aromatic rings. The quantitative estimate of drug-likeness (QED) is 0.334. The molecule has 3 aliphatic rings. The van der Waals surface area contributed by atoms with E-state index >= 15 is 0 Å². The lowest BCUT2D eigenvalue weighted by Gasteiger charge is -2.57. The van der Waals surface area contributed by atoms with Crippen molar-refractivity contribution in [1.29, 1.82) is 0 Å². The summed E-state index contributed by atoms with van der Waals surface area (Å²) < 4.78 is 1.12. The third-order valence-electron chi connectivity index (χ3n) is 7.99. The van der Waals surface area contributed by atoms with Crippen LogP contribution in [0.4, 0.5) is 0 Å². The Bertz CT molecular complexity index is 580. The van der Waals surface area contributed by atoms with Crippen molar-refractivity contribution in [2.24, 2.45) is 34.5 Å². The highest BCUT2D eigenvalue weighted by atomic mass is 127. The zero-order valence-electron chi connectivity index (χ0n) is 15.5. The number of hydrogen-bond donors (Lipinski definition) is 0. The van der Waals surface area contributed by atoms with Gasteiger partial charge in [0.05, 0.1) is 0 Å². The highest BCUT2D eigenvalue weighted by Crippen LogP contribution is 2.64. The van der Waals surface area contributed by atoms with Crippen LogP contribution >= 0.6 is 22.6 Å². The van der Waals surface area contributed by atoms with Gasteiger partial charge in [-0.15, -0.1) is 0 Å². The Morgan fingerprint density at radius 2 is 1.96 bits per heavy atom. The van der Waals surface area contributed by atoms with Gasteiger partial charge < -0.3 is 0 Å². The predicted molar refractivity (Wildman–Crippen MR) is 106 cm³/mol. The number of alkyl halides is 1. The number of carbonyl (C=O) groups is 2. The van der Waals surface area contributed by atoms with E-state index in [1.165, 1.54) is 12.0 Å². The molecule has 3 aliphatic carbocycles. The molecule has 0 heterocycles. The normalized spacial score (nSPS) is 45.0. The van der Waals surface area contributed by atoms with E-state index in [1.807, 2.05) is 6.08 Å². The minimum absolute atomic E-state index is 0.0581. The van der Waals surface area contributed by atoms with Crippen molar-refractivity contribution >= 4 is 34.2 Å². The highest BCUT2D eigenvalue weighted by Gasteiger charge is 2.59. The van der Waals surface area contributed by atoms with Gasteiger partial charge in [0.2, 0.25) is 0 Å². The number of rotatable bonds is 3. The van der Waals surface area contributed by atoms with Gasteiger partial charge in [0.15, 0.2) is 5.78 Å². The average Bonchev–Trinajstić information content (AvgIpc) is 2.84. The first-order chi connectivity index (χ1) is 11.2. The molecule has 0 aliphatic heterocycles. The molecule has 0 spiro atoms. The van der Waals surface area contributed by atoms with Crippen molar-refractivity contribution in [1.82, 2.24) is 0 Å². The van der Waals surface area contributed by atoms with Crippen molar-refractivity contribution in [3.05, 3.63) is 11.6 Å². The number of halogens is 1. The maximum absolute atomic E-state index is 12.5. The number of fused-ring (bicyclic) bond motifs is 3. The van der Waals surface area contributed by atoms with Gasteiger partial charge in [0, 0.05) is 16.3 Å². The predicted octanol–water partition coefficient (Wildman–Crippen LogP) is 5.38. The van der Waals surface area contributed by atoms with Gasteiger partial charge in [-0.2, -0.15) is 0 Å². The van der Waals surface area contributed by atoms with Gasteiger partial charge in [-0.25, -0.2) is 0 Å². The third-order valence-corrected chi connectivity index (χ3v) is 9.31. The maximum Gasteiger partial charge on any atom is 0.152 e. The molecule has 0 aromatic heterocycles. The summed E-state index contributed by atoms with van der Waals surface area (Å²) in [5.41, 5.74) is 1.44. The summed E-state index contributed by atoms with van der Waals surface area (Å²) in [5, 5.41) is 0. The van der Waals surface area contributed by atoms with Gasteiger partial charge in [-0.1, -0.05) is 48.9 Å². The van der Waals surface area contributed by atoms with Crippen LogP contribution in [0.15, 0.2) is 11.6 Å². The summed E-state index contributed by atoms with van der Waals surface area (Å²) >= 11 is 2.50. The minimum atomic E-state index is -0.0581. The Morgan fingerprint density at radius 3 is 2.58 bits per heavy atom. The van der Waals surface area contributed by atoms with Gasteiger partial charge in [0.25, 0.3) is 0 Å². The lowest BCUT2D eigenvalue weighted by atomic mass is 9.47. The number of allylic oxidation sites excluding steroid dienone is 2. The maximum atomic E-state index is 12.5. The second-order valence-corrected chi connectivity index (χ2v) is 9.83. The van der Waals surface area contributed by atoms with E-state index in [0.29, 0.717) is 29.5 Å². The molecule has 0 aromatic carbocycles. The van der Waals surface area contributed by atoms with Gasteiger partial charge >= 0.3 is 0 Å². The molecular weight excluding hydrogens is 411 g/mol. The Hall–Kier alpha value is -0.190. The zero-order valence-corrected chi connectivity index (χ0v) is 17.7. The first-order valence-corrected chi connectivity index (χ1v) is 11.1. The Morgan fingerprint density at radius 1 is 1.25 bits per heavy atom. The second-order valence-electron chi connectivity index (χ2n) is 8.95. The molecule has 3 saturated carbocycles. The molecule has 3 fully saturated rings. The van der Waals surface area contributed by atoms with Crippen LogP contribution < -0.4 is 0 Å². The van der Waals surface area contributed by atoms with E-state index in [-0.39, 0.29) is 16.6 Å². The van der Waals surface area contributed by atoms with Gasteiger partial charge in [0.1, 0.15) is 5.78 Å². The first-order valence-electron chi connectivity index (χ1n) is 9.56. The molecule has 3 unspecified atom stereocenters. The van der Waals surface area contributed by atoms with Crippen LogP contribution in [0.2, 0.25) is 0 Å². The van der Waals surface area contributed by atoms with E-state index in [2.05, 4.69) is 43.4 Å². The standard InChI is InChI=1S/C21H31IO2/c1-13(12-22)21(4)15(11-14(2)23)5-6-16-17-7-8-19(24)20(17,3)10-9-18(16)21/h11,13,16-18H,5-10,12H2,1-4H3/b15-11-/t13-,16?,17?,18?,20-,21-/m0/s1. The first kappa shape index (κ1) is 18.6. The van der Waals surface area contributed by atoms with Crippen LogP contribution in [-0.2, 0) is 9.59 Å². The summed E-state index contributed by atoms with van der Waals surface area (Å²) in [5.74, 6) is 3.13. The number of carbonyl (C=O) groups excluding carboxylic acids is 2. The number of ketones is 2. The van der Waals surface area contributed by atoms with Crippen molar-refractivity contribution in [3.8, 4) is 0 Å². The van der Waals surface area contributed by atoms with Crippen LogP contribution in [0.25, 0.3) is 0 Å². The molecule has 2 nitrogen and oxygen atoms in total. The van der Waals surface area contributed by atoms with Gasteiger partial charge in [-0.3, -0.25) is 9.59 Å². The van der Waals surface area contributed by atoms with E-state index in [0.717, 1.165) is 36.5 Å². The summed E-state index contributed by atoms with van der Waals surface area (Å²) in [7, 11) is 0. The van der Waals surface area contributed by atoms with Crippen molar-refractivity contribution in [2.75, 3.05) is 4.43 Å². The summed E-state index contributed by atoms with van der Waals surface area (Å²) in [6.07, 6.45) is 8.23. The third kappa shape index (κ3) is 2.64. The highest BCUT2D eigenvalue weighted by molar-refractivity contribution is 14.1. The molecule has 134 valence electrons. The lowest BCUT2D eigenvalue weighted by Crippen LogP contribution is -2.52. The molecule has 3 rings (SSSR count). The molecule has 24 heavy (non-hydrogen) atoms. The molecular formula is C21H31IO2. The van der Waals surface area contributed by atoms with E-state index in [4.69, 9.17) is 0 Å². The van der Waals surface area contributed by atoms with Gasteiger partial charge in [-0.05, 0) is 74.2 Å². The monoisotopic (exact) mass is 442 g/mol. The fourth-order valence-electron chi connectivity index (χ4n) is 6.35. The molecule has 3 heteroatoms. The average molecular weight is 442 g/mol. The van der Waals surface area contributed by atoms with Crippen LogP contribution in [0.3, 0.4) is 0 Å². The summed E-state index contributed by atoms with van der Waals surface area (Å²) in [6.45, 7) is 8.70. The summed E-state index contributed by atoms with van der Waals surface area (Å²) in [4.78, 5) is 24.3. The lowest BCUT2D eigenvalue weighted by molar-refractivity contribution is -0.132. The van der Waals surface area contributed by atoms with Crippen LogP contribution in [0.1, 0.15) is 66.2 Å². The smallest absolute Gasteiger partial charge is 0.152 e. The zero-order chi connectivity index (χ0) is 17.7. The molecule has 0 radical (unpaired) electrons. The summed E-state index contributed by atoms with van der Waals surface area (Å²) in [6, 6.07) is 0. The van der Waals surface area contributed by atoms with Crippen LogP contribution in [-0.4, -0.2) is 16.0 Å². The molecule has 0 N–H and O–H groups in total. The van der Waals surface area contributed by atoms with Crippen LogP contribution in [0.5, 0.6) is 0 Å². The number of hydrogen-bond acceptors (Lipinski definition) is 2. The fourth-order valence-corrected chi connectivity index (χ4v) is 7.27. The molecule has 0 saturated heterocycles. The Balaban J connectivity index is 2.01. The van der Waals surface area contributed by atoms with Crippen molar-refractivity contribution in [2.45, 2.75) is 66.2 Å². The van der Waals surface area contributed by atoms with Crippen molar-refractivity contribution in [3.63, 3.8) is 0 Å².